The van der Waals surface area contributed by atoms with Crippen molar-refractivity contribution in [2.45, 2.75) is 13.0 Å². The number of aliphatic hydroxyl groups excluding tert-OH is 1. The summed E-state index contributed by atoms with van der Waals surface area (Å²) in [6.07, 6.45) is -0.669. The quantitative estimate of drug-likeness (QED) is 0.754. The summed E-state index contributed by atoms with van der Waals surface area (Å²) in [5.41, 5.74) is 2.18. The van der Waals surface area contributed by atoms with Gasteiger partial charge in [0, 0.05) is 30.4 Å². The summed E-state index contributed by atoms with van der Waals surface area (Å²) in [6, 6.07) is 10.7. The van der Waals surface area contributed by atoms with Crippen LogP contribution in [0.5, 0.6) is 0 Å². The molecule has 3 rings (SSSR count). The molecule has 1 aliphatic heterocycles. The van der Waals surface area contributed by atoms with Gasteiger partial charge in [0.25, 0.3) is 0 Å². The second-order valence-corrected chi connectivity index (χ2v) is 6.51. The third-order valence-electron chi connectivity index (χ3n) is 4.30. The summed E-state index contributed by atoms with van der Waals surface area (Å²) in [5.74, 6) is -0.666. The summed E-state index contributed by atoms with van der Waals surface area (Å²) in [4.78, 5) is 30.1. The average Bonchev–Trinajstić information content (AvgIpc) is 2.78. The van der Waals surface area contributed by atoms with Crippen molar-refractivity contribution in [1.82, 2.24) is 5.32 Å². The number of benzodiazepines with no additional fused rings is 1. The molecule has 8 heteroatoms. The number of rotatable bonds is 4. The SMILES string of the molecule is CC(O)CNC(=O)Nc1ccc2c(c1)C(c1ccccc1F)=NCC(=O)N2C. The first kappa shape index (κ1) is 19.5. The zero-order valence-corrected chi connectivity index (χ0v) is 15.6. The number of anilines is 2. The van der Waals surface area contributed by atoms with Gasteiger partial charge in [-0.25, -0.2) is 9.18 Å². The van der Waals surface area contributed by atoms with Gasteiger partial charge in [-0.15, -0.1) is 0 Å². The van der Waals surface area contributed by atoms with Crippen LogP contribution in [-0.2, 0) is 4.79 Å². The normalized spacial score (nSPS) is 14.6. The lowest BCUT2D eigenvalue weighted by Gasteiger charge is -2.19. The number of halogens is 1. The lowest BCUT2D eigenvalue weighted by Crippen LogP contribution is -2.34. The van der Waals surface area contributed by atoms with Gasteiger partial charge in [0.2, 0.25) is 5.91 Å². The zero-order valence-electron chi connectivity index (χ0n) is 15.6. The standard InChI is InChI=1S/C20H21FN4O3/c1-12(26)10-23-20(28)24-13-7-8-17-15(9-13)19(22-11-18(27)25(17)2)14-5-3-4-6-16(14)21/h3-9,12,26H,10-11H2,1-2H3,(H2,23,24,28). The van der Waals surface area contributed by atoms with Crippen LogP contribution < -0.4 is 15.5 Å². The van der Waals surface area contributed by atoms with Crippen LogP contribution in [-0.4, -0.2) is 49.0 Å². The predicted molar refractivity (Wildman–Crippen MR) is 105 cm³/mol. The number of nitrogens with zero attached hydrogens (tertiary/aromatic N) is 2. The van der Waals surface area contributed by atoms with Crippen LogP contribution in [0.25, 0.3) is 0 Å². The van der Waals surface area contributed by atoms with Crippen molar-refractivity contribution in [2.24, 2.45) is 4.99 Å². The van der Waals surface area contributed by atoms with E-state index in [0.29, 0.717) is 22.6 Å². The maximum Gasteiger partial charge on any atom is 0.319 e. The second-order valence-electron chi connectivity index (χ2n) is 6.51. The highest BCUT2D eigenvalue weighted by Gasteiger charge is 2.24. The molecular formula is C20H21FN4O3. The van der Waals surface area contributed by atoms with Crippen molar-refractivity contribution in [2.75, 3.05) is 30.4 Å². The molecule has 0 aromatic heterocycles. The van der Waals surface area contributed by atoms with E-state index in [4.69, 9.17) is 0 Å². The van der Waals surface area contributed by atoms with Crippen molar-refractivity contribution in [3.05, 3.63) is 59.4 Å². The van der Waals surface area contributed by atoms with Gasteiger partial charge in [-0.05, 0) is 37.3 Å². The number of aliphatic imine (C=N–C) groups is 1. The summed E-state index contributed by atoms with van der Waals surface area (Å²) in [7, 11) is 1.63. The van der Waals surface area contributed by atoms with E-state index < -0.39 is 18.0 Å². The molecule has 0 bridgehead atoms. The minimum absolute atomic E-state index is 0.105. The lowest BCUT2D eigenvalue weighted by molar-refractivity contribution is -0.116. The van der Waals surface area contributed by atoms with Crippen LogP contribution in [0.3, 0.4) is 0 Å². The number of carbonyl (C=O) groups is 2. The molecule has 1 atom stereocenters. The highest BCUT2D eigenvalue weighted by atomic mass is 19.1. The Morgan fingerprint density at radius 3 is 2.75 bits per heavy atom. The molecule has 0 radical (unpaired) electrons. The Labute approximate surface area is 161 Å². The number of urea groups is 1. The number of hydrogen-bond acceptors (Lipinski definition) is 4. The Hall–Kier alpha value is -3.26. The van der Waals surface area contributed by atoms with Gasteiger partial charge >= 0.3 is 6.03 Å². The number of nitrogens with one attached hydrogen (secondary N) is 2. The fourth-order valence-corrected chi connectivity index (χ4v) is 2.87. The molecule has 0 saturated carbocycles. The smallest absolute Gasteiger partial charge is 0.319 e. The average molecular weight is 384 g/mol. The Bertz CT molecular complexity index is 943. The minimum Gasteiger partial charge on any atom is -0.392 e. The topological polar surface area (TPSA) is 94.0 Å². The summed E-state index contributed by atoms with van der Waals surface area (Å²) in [6.45, 7) is 1.56. The second kappa shape index (κ2) is 8.18. The molecule has 0 spiro atoms. The Morgan fingerprint density at radius 2 is 2.04 bits per heavy atom. The molecular weight excluding hydrogens is 363 g/mol. The van der Waals surface area contributed by atoms with E-state index in [2.05, 4.69) is 15.6 Å². The fourth-order valence-electron chi connectivity index (χ4n) is 2.87. The summed E-state index contributed by atoms with van der Waals surface area (Å²) >= 11 is 0. The molecule has 0 fully saturated rings. The number of hydrogen-bond donors (Lipinski definition) is 3. The summed E-state index contributed by atoms with van der Waals surface area (Å²) in [5, 5.41) is 14.5. The van der Waals surface area contributed by atoms with E-state index in [9.17, 15) is 19.1 Å². The molecule has 1 unspecified atom stereocenters. The molecule has 0 saturated heterocycles. The molecule has 2 aromatic rings. The summed E-state index contributed by atoms with van der Waals surface area (Å²) < 4.78 is 14.4. The van der Waals surface area contributed by atoms with Gasteiger partial charge < -0.3 is 20.6 Å². The number of fused-ring (bicyclic) bond motifs is 1. The van der Waals surface area contributed by atoms with Crippen LogP contribution in [0.1, 0.15) is 18.1 Å². The predicted octanol–water partition coefficient (Wildman–Crippen LogP) is 2.14. The van der Waals surface area contributed by atoms with Crippen LogP contribution in [0.4, 0.5) is 20.6 Å². The van der Waals surface area contributed by atoms with E-state index >= 15 is 0 Å². The maximum absolute atomic E-state index is 14.4. The molecule has 3 N–H and O–H groups in total. The minimum atomic E-state index is -0.669. The van der Waals surface area contributed by atoms with Crippen molar-refractivity contribution < 1.29 is 19.1 Å². The largest absolute Gasteiger partial charge is 0.392 e. The Kier molecular flexibility index (Phi) is 5.70. The molecule has 1 heterocycles. The third-order valence-corrected chi connectivity index (χ3v) is 4.30. The number of amides is 3. The van der Waals surface area contributed by atoms with Gasteiger partial charge in [-0.3, -0.25) is 9.79 Å². The van der Waals surface area contributed by atoms with Crippen LogP contribution in [0, 0.1) is 5.82 Å². The van der Waals surface area contributed by atoms with Gasteiger partial charge in [-0.1, -0.05) is 12.1 Å². The monoisotopic (exact) mass is 384 g/mol. The van der Waals surface area contributed by atoms with E-state index in [1.54, 1.807) is 50.4 Å². The van der Waals surface area contributed by atoms with Crippen molar-refractivity contribution in [3.63, 3.8) is 0 Å². The zero-order chi connectivity index (χ0) is 20.3. The van der Waals surface area contributed by atoms with E-state index in [1.165, 1.54) is 11.0 Å². The van der Waals surface area contributed by atoms with Gasteiger partial charge in [0.1, 0.15) is 12.4 Å². The lowest BCUT2D eigenvalue weighted by atomic mass is 9.99. The molecule has 1 aliphatic rings. The molecule has 7 nitrogen and oxygen atoms in total. The van der Waals surface area contributed by atoms with Crippen LogP contribution in [0.15, 0.2) is 47.5 Å². The van der Waals surface area contributed by atoms with Gasteiger partial charge in [0.05, 0.1) is 17.5 Å². The molecule has 2 aromatic carbocycles. The Morgan fingerprint density at radius 1 is 1.29 bits per heavy atom. The van der Waals surface area contributed by atoms with E-state index in [1.807, 2.05) is 0 Å². The van der Waals surface area contributed by atoms with E-state index in [0.717, 1.165) is 0 Å². The first-order chi connectivity index (χ1) is 13.4. The molecule has 3 amide bonds. The molecule has 28 heavy (non-hydrogen) atoms. The number of likely N-dealkylation sites (N-methyl/N-ethyl adjacent to an activating group) is 1. The Balaban J connectivity index is 2.00. The fraction of sp³-hybridized carbons (Fsp3) is 0.250. The molecule has 0 aliphatic carbocycles. The van der Waals surface area contributed by atoms with Crippen LogP contribution >= 0.6 is 0 Å². The first-order valence-electron chi connectivity index (χ1n) is 8.80. The highest BCUT2D eigenvalue weighted by Crippen LogP contribution is 2.29. The number of carbonyl (C=O) groups excluding carboxylic acids is 2. The van der Waals surface area contributed by atoms with Gasteiger partial charge in [0.15, 0.2) is 0 Å². The number of aliphatic hydroxyl groups is 1. The highest BCUT2D eigenvalue weighted by molar-refractivity contribution is 6.20. The first-order valence-corrected chi connectivity index (χ1v) is 8.80. The van der Waals surface area contributed by atoms with Crippen molar-refractivity contribution >= 4 is 29.0 Å². The van der Waals surface area contributed by atoms with Crippen molar-refractivity contribution in [3.8, 4) is 0 Å². The van der Waals surface area contributed by atoms with Crippen LogP contribution in [0.2, 0.25) is 0 Å². The van der Waals surface area contributed by atoms with Gasteiger partial charge in [-0.2, -0.15) is 0 Å². The maximum atomic E-state index is 14.4. The number of benzene rings is 2. The molecule has 146 valence electrons. The van der Waals surface area contributed by atoms with Crippen molar-refractivity contribution in [1.29, 1.82) is 0 Å². The van der Waals surface area contributed by atoms with E-state index in [-0.39, 0.29) is 24.6 Å². The third kappa shape index (κ3) is 4.17.